The highest BCUT2D eigenvalue weighted by atomic mass is 16.5. The number of carbonyl (C=O) groups excluding carboxylic acids is 1. The van der Waals surface area contributed by atoms with Crippen LogP contribution in [0.5, 0.6) is 0 Å². The summed E-state index contributed by atoms with van der Waals surface area (Å²) in [5.74, 6) is -1.40. The molecule has 1 aliphatic heterocycles. The number of aromatic nitrogens is 1. The molecule has 0 aliphatic carbocycles. The van der Waals surface area contributed by atoms with Crippen LogP contribution in [0.1, 0.15) is 27.4 Å². The van der Waals surface area contributed by atoms with E-state index in [-0.39, 0.29) is 12.3 Å². The topological polar surface area (TPSA) is 83.6 Å². The largest absolute Gasteiger partial charge is 0.480 e. The summed E-state index contributed by atoms with van der Waals surface area (Å²) < 4.78 is 4.96. The lowest BCUT2D eigenvalue weighted by Crippen LogP contribution is -2.48. The first-order valence-electron chi connectivity index (χ1n) is 6.60. The Bertz CT molecular complexity index is 707. The van der Waals surface area contributed by atoms with Crippen molar-refractivity contribution in [2.75, 3.05) is 0 Å². The number of amides is 1. The van der Waals surface area contributed by atoms with E-state index in [2.05, 4.69) is 5.16 Å². The predicted molar refractivity (Wildman–Crippen MR) is 72.7 cm³/mol. The summed E-state index contributed by atoms with van der Waals surface area (Å²) in [7, 11) is 0. The van der Waals surface area contributed by atoms with Gasteiger partial charge in [-0.25, -0.2) is 4.79 Å². The van der Waals surface area contributed by atoms with Crippen molar-refractivity contribution in [2.45, 2.75) is 25.9 Å². The number of carbonyl (C=O) groups is 2. The van der Waals surface area contributed by atoms with E-state index in [0.717, 1.165) is 11.1 Å². The first-order valence-corrected chi connectivity index (χ1v) is 6.60. The highest BCUT2D eigenvalue weighted by molar-refractivity contribution is 5.94. The van der Waals surface area contributed by atoms with E-state index in [1.54, 1.807) is 6.92 Å². The van der Waals surface area contributed by atoms with Crippen molar-refractivity contribution < 1.29 is 19.2 Å². The number of carboxylic acid groups (broad SMARTS) is 1. The molecule has 2 heterocycles. The fourth-order valence-corrected chi connectivity index (χ4v) is 2.56. The van der Waals surface area contributed by atoms with Crippen molar-refractivity contribution in [1.82, 2.24) is 10.1 Å². The average molecular weight is 286 g/mol. The maximum atomic E-state index is 12.5. The van der Waals surface area contributed by atoms with Crippen LogP contribution in [0.3, 0.4) is 0 Å². The molecule has 0 unspecified atom stereocenters. The van der Waals surface area contributed by atoms with Gasteiger partial charge in [0.15, 0.2) is 0 Å². The Morgan fingerprint density at radius 3 is 2.67 bits per heavy atom. The minimum absolute atomic E-state index is 0.0677. The zero-order chi connectivity index (χ0) is 15.0. The van der Waals surface area contributed by atoms with Crippen LogP contribution in [0.2, 0.25) is 0 Å². The van der Waals surface area contributed by atoms with Gasteiger partial charge < -0.3 is 14.5 Å². The molecule has 3 rings (SSSR count). The second-order valence-corrected chi connectivity index (χ2v) is 5.09. The van der Waals surface area contributed by atoms with Crippen molar-refractivity contribution in [1.29, 1.82) is 0 Å². The quantitative estimate of drug-likeness (QED) is 0.907. The molecule has 2 aromatic rings. The first kappa shape index (κ1) is 13.4. The van der Waals surface area contributed by atoms with Gasteiger partial charge in [-0.1, -0.05) is 29.4 Å². The lowest BCUT2D eigenvalue weighted by atomic mass is 9.94. The third-order valence-corrected chi connectivity index (χ3v) is 3.63. The van der Waals surface area contributed by atoms with Gasteiger partial charge in [0.05, 0.1) is 5.69 Å². The molecule has 0 radical (unpaired) electrons. The van der Waals surface area contributed by atoms with E-state index >= 15 is 0 Å². The summed E-state index contributed by atoms with van der Waals surface area (Å²) >= 11 is 0. The molecule has 0 bridgehead atoms. The molecule has 6 nitrogen and oxygen atoms in total. The second kappa shape index (κ2) is 5.05. The van der Waals surface area contributed by atoms with E-state index in [1.165, 1.54) is 11.0 Å². The number of benzene rings is 1. The van der Waals surface area contributed by atoms with Crippen LogP contribution in [-0.2, 0) is 17.8 Å². The number of hydrogen-bond acceptors (Lipinski definition) is 4. The molecule has 0 saturated carbocycles. The summed E-state index contributed by atoms with van der Waals surface area (Å²) in [4.78, 5) is 25.3. The number of aryl methyl sites for hydroxylation is 1. The fraction of sp³-hybridized carbons (Fsp3) is 0.267. The predicted octanol–water partition coefficient (Wildman–Crippen LogP) is 1.63. The highest BCUT2D eigenvalue weighted by Crippen LogP contribution is 2.25. The monoisotopic (exact) mass is 286 g/mol. The SMILES string of the molecule is Cc1cc(C(=O)N2Cc3ccccc3C[C@H]2C(=O)O)on1. The molecule has 6 heteroatoms. The van der Waals surface area contributed by atoms with Crippen molar-refractivity contribution in [3.63, 3.8) is 0 Å². The van der Waals surface area contributed by atoms with Crippen molar-refractivity contribution >= 4 is 11.9 Å². The van der Waals surface area contributed by atoms with Crippen molar-refractivity contribution in [3.05, 3.63) is 52.9 Å². The molecule has 21 heavy (non-hydrogen) atoms. The molecule has 1 aromatic carbocycles. The first-order chi connectivity index (χ1) is 10.1. The molecule has 1 atom stereocenters. The smallest absolute Gasteiger partial charge is 0.326 e. The second-order valence-electron chi connectivity index (χ2n) is 5.09. The van der Waals surface area contributed by atoms with Crippen LogP contribution >= 0.6 is 0 Å². The summed E-state index contributed by atoms with van der Waals surface area (Å²) in [5.41, 5.74) is 2.50. The zero-order valence-corrected chi connectivity index (χ0v) is 11.4. The van der Waals surface area contributed by atoms with Crippen LogP contribution < -0.4 is 0 Å². The molecule has 1 aromatic heterocycles. The lowest BCUT2D eigenvalue weighted by Gasteiger charge is -2.33. The van der Waals surface area contributed by atoms with Crippen LogP contribution in [0.4, 0.5) is 0 Å². The number of carboxylic acids is 1. The van der Waals surface area contributed by atoms with E-state index in [4.69, 9.17) is 4.52 Å². The Morgan fingerprint density at radius 2 is 2.05 bits per heavy atom. The summed E-state index contributed by atoms with van der Waals surface area (Å²) in [6, 6.07) is 8.17. The van der Waals surface area contributed by atoms with Gasteiger partial charge in [0.1, 0.15) is 6.04 Å². The number of fused-ring (bicyclic) bond motifs is 1. The molecule has 0 spiro atoms. The Kier molecular flexibility index (Phi) is 3.21. The third-order valence-electron chi connectivity index (χ3n) is 3.63. The van der Waals surface area contributed by atoms with Gasteiger partial charge in [-0.2, -0.15) is 0 Å². The average Bonchev–Trinajstić information content (AvgIpc) is 2.91. The number of aliphatic carboxylic acids is 1. The maximum Gasteiger partial charge on any atom is 0.326 e. The Morgan fingerprint density at radius 1 is 1.33 bits per heavy atom. The van der Waals surface area contributed by atoms with Gasteiger partial charge >= 0.3 is 5.97 Å². The molecule has 0 saturated heterocycles. The van der Waals surface area contributed by atoms with E-state index < -0.39 is 17.9 Å². The Labute approximate surface area is 121 Å². The van der Waals surface area contributed by atoms with Crippen LogP contribution in [0.15, 0.2) is 34.9 Å². The third kappa shape index (κ3) is 2.40. The van der Waals surface area contributed by atoms with Crippen LogP contribution in [0.25, 0.3) is 0 Å². The molecule has 1 amide bonds. The summed E-state index contributed by atoms with van der Waals surface area (Å²) in [6.45, 7) is 1.96. The number of nitrogens with zero attached hydrogens (tertiary/aromatic N) is 2. The maximum absolute atomic E-state index is 12.5. The van der Waals surface area contributed by atoms with Gasteiger partial charge in [0, 0.05) is 19.0 Å². The van der Waals surface area contributed by atoms with E-state index in [1.807, 2.05) is 24.3 Å². The Balaban J connectivity index is 1.96. The molecular formula is C15H14N2O4. The van der Waals surface area contributed by atoms with Crippen molar-refractivity contribution in [2.24, 2.45) is 0 Å². The molecule has 108 valence electrons. The number of rotatable bonds is 2. The van der Waals surface area contributed by atoms with Gasteiger partial charge in [-0.05, 0) is 18.1 Å². The number of hydrogen-bond donors (Lipinski definition) is 1. The molecule has 0 fully saturated rings. The van der Waals surface area contributed by atoms with Crippen LogP contribution in [0, 0.1) is 6.92 Å². The highest BCUT2D eigenvalue weighted by Gasteiger charge is 2.36. The van der Waals surface area contributed by atoms with Gasteiger partial charge in [-0.15, -0.1) is 0 Å². The Hall–Kier alpha value is -2.63. The fourth-order valence-electron chi connectivity index (χ4n) is 2.56. The van der Waals surface area contributed by atoms with Crippen molar-refractivity contribution in [3.8, 4) is 0 Å². The molecule has 1 N–H and O–H groups in total. The lowest BCUT2D eigenvalue weighted by molar-refractivity contribution is -0.142. The summed E-state index contributed by atoms with van der Waals surface area (Å²) in [5, 5.41) is 13.1. The minimum Gasteiger partial charge on any atom is -0.480 e. The minimum atomic E-state index is -1.02. The molecule has 1 aliphatic rings. The molecular weight excluding hydrogens is 272 g/mol. The van der Waals surface area contributed by atoms with E-state index in [0.29, 0.717) is 12.1 Å². The van der Waals surface area contributed by atoms with Crippen LogP contribution in [-0.4, -0.2) is 33.1 Å². The van der Waals surface area contributed by atoms with Gasteiger partial charge in [-0.3, -0.25) is 4.79 Å². The summed E-state index contributed by atoms with van der Waals surface area (Å²) in [6.07, 6.45) is 0.296. The standard InChI is InChI=1S/C15H14N2O4/c1-9-6-13(21-16-9)14(18)17-8-11-5-3-2-4-10(11)7-12(17)15(19)20/h2-6,12H,7-8H2,1H3,(H,19,20)/t12-/m0/s1. The van der Waals surface area contributed by atoms with Gasteiger partial charge in [0.2, 0.25) is 5.76 Å². The van der Waals surface area contributed by atoms with Gasteiger partial charge in [0.25, 0.3) is 5.91 Å². The zero-order valence-electron chi connectivity index (χ0n) is 11.4. The van der Waals surface area contributed by atoms with E-state index in [9.17, 15) is 14.7 Å². The normalized spacial score (nSPS) is 17.4.